The van der Waals surface area contributed by atoms with Gasteiger partial charge in [-0.3, -0.25) is 4.79 Å². The van der Waals surface area contributed by atoms with Crippen molar-refractivity contribution in [2.24, 2.45) is 11.7 Å². The van der Waals surface area contributed by atoms with E-state index in [9.17, 15) is 4.79 Å². The molecule has 2 atom stereocenters. The van der Waals surface area contributed by atoms with Crippen molar-refractivity contribution in [1.29, 1.82) is 0 Å². The molecule has 2 heterocycles. The van der Waals surface area contributed by atoms with Crippen molar-refractivity contribution < 1.29 is 18.8 Å². The molecule has 0 aromatic rings. The summed E-state index contributed by atoms with van der Waals surface area (Å²) in [7, 11) is -0.188. The highest BCUT2D eigenvalue weighted by Gasteiger charge is 2.51. The van der Waals surface area contributed by atoms with Gasteiger partial charge in [0, 0.05) is 6.61 Å². The molecule has 24 heavy (non-hydrogen) atoms. The van der Waals surface area contributed by atoms with E-state index in [0.29, 0.717) is 6.61 Å². The first-order chi connectivity index (χ1) is 11.1. The Morgan fingerprint density at radius 3 is 2.25 bits per heavy atom. The standard InChI is InChI=1S/C18H34BNO4/c1-6-7-10-18(14(15(20)21)9-13-22-18)11-8-12-19-23-16(2,3)17(4,5)24-19/h14H,6-13H2,1-5H3,(H2,20,21). The molecular formula is C18H34BNO4. The summed E-state index contributed by atoms with van der Waals surface area (Å²) in [4.78, 5) is 11.9. The van der Waals surface area contributed by atoms with Gasteiger partial charge in [0.05, 0.1) is 22.7 Å². The van der Waals surface area contributed by atoms with Gasteiger partial charge >= 0.3 is 7.12 Å². The number of hydrogen-bond acceptors (Lipinski definition) is 4. The zero-order valence-electron chi connectivity index (χ0n) is 16.0. The summed E-state index contributed by atoms with van der Waals surface area (Å²) in [6.45, 7) is 11.1. The van der Waals surface area contributed by atoms with Crippen LogP contribution in [0.15, 0.2) is 0 Å². The number of amides is 1. The van der Waals surface area contributed by atoms with Gasteiger partial charge in [0.1, 0.15) is 0 Å². The molecule has 0 saturated carbocycles. The van der Waals surface area contributed by atoms with Crippen LogP contribution in [-0.4, -0.2) is 36.4 Å². The van der Waals surface area contributed by atoms with Crippen LogP contribution in [0.4, 0.5) is 0 Å². The van der Waals surface area contributed by atoms with Crippen LogP contribution in [-0.2, 0) is 18.8 Å². The van der Waals surface area contributed by atoms with E-state index in [0.717, 1.165) is 44.8 Å². The number of ether oxygens (including phenoxy) is 1. The van der Waals surface area contributed by atoms with Crippen molar-refractivity contribution in [3.63, 3.8) is 0 Å². The smallest absolute Gasteiger partial charge is 0.403 e. The van der Waals surface area contributed by atoms with Crippen LogP contribution in [0.25, 0.3) is 0 Å². The summed E-state index contributed by atoms with van der Waals surface area (Å²) in [5.41, 5.74) is 4.67. The predicted molar refractivity (Wildman–Crippen MR) is 95.6 cm³/mol. The Morgan fingerprint density at radius 1 is 1.12 bits per heavy atom. The van der Waals surface area contributed by atoms with Gasteiger partial charge in [0.15, 0.2) is 0 Å². The van der Waals surface area contributed by atoms with Gasteiger partial charge in [-0.2, -0.15) is 0 Å². The van der Waals surface area contributed by atoms with Gasteiger partial charge in [-0.25, -0.2) is 0 Å². The van der Waals surface area contributed by atoms with E-state index in [4.69, 9.17) is 19.8 Å². The van der Waals surface area contributed by atoms with E-state index in [-0.39, 0.29) is 35.7 Å². The fourth-order valence-corrected chi connectivity index (χ4v) is 3.89. The van der Waals surface area contributed by atoms with Gasteiger partial charge in [-0.05, 0) is 53.3 Å². The molecule has 2 aliphatic heterocycles. The Hall–Kier alpha value is -0.585. The number of carbonyl (C=O) groups excluding carboxylic acids is 1. The summed E-state index contributed by atoms with van der Waals surface area (Å²) >= 11 is 0. The molecule has 5 nitrogen and oxygen atoms in total. The van der Waals surface area contributed by atoms with Crippen LogP contribution >= 0.6 is 0 Å². The minimum atomic E-state index is -0.383. The third-order valence-corrected chi connectivity index (χ3v) is 6.07. The molecule has 2 fully saturated rings. The summed E-state index contributed by atoms with van der Waals surface area (Å²) < 4.78 is 18.2. The summed E-state index contributed by atoms with van der Waals surface area (Å²) in [6.07, 6.45) is 6.36. The molecule has 0 aromatic carbocycles. The number of nitrogens with two attached hydrogens (primary N) is 1. The normalized spacial score (nSPS) is 31.5. The van der Waals surface area contributed by atoms with Gasteiger partial charge in [-0.1, -0.05) is 26.2 Å². The Kier molecular flexibility index (Phi) is 6.04. The Bertz CT molecular complexity index is 438. The number of hydrogen-bond donors (Lipinski definition) is 1. The number of rotatable bonds is 8. The molecule has 1 amide bonds. The molecule has 2 saturated heterocycles. The number of primary amides is 1. The van der Waals surface area contributed by atoms with Crippen molar-refractivity contribution >= 4 is 13.0 Å². The van der Waals surface area contributed by atoms with Gasteiger partial charge in [0.25, 0.3) is 0 Å². The predicted octanol–water partition coefficient (Wildman–Crippen LogP) is 3.31. The molecule has 0 aromatic heterocycles. The SMILES string of the molecule is CCCCC1(CCCB2OC(C)(C)C(C)(C)O2)OCCC1C(N)=O. The average molecular weight is 339 g/mol. The molecule has 0 bridgehead atoms. The lowest BCUT2D eigenvalue weighted by Gasteiger charge is -2.33. The topological polar surface area (TPSA) is 70.8 Å². The van der Waals surface area contributed by atoms with E-state index < -0.39 is 0 Å². The maximum absolute atomic E-state index is 11.9. The van der Waals surface area contributed by atoms with Gasteiger partial charge in [-0.15, -0.1) is 0 Å². The molecule has 2 aliphatic rings. The van der Waals surface area contributed by atoms with E-state index in [1.165, 1.54) is 0 Å². The second kappa shape index (κ2) is 7.34. The summed E-state index contributed by atoms with van der Waals surface area (Å²) in [6, 6.07) is 0. The number of unbranched alkanes of at least 4 members (excludes halogenated alkanes) is 1. The molecule has 0 radical (unpaired) electrons. The molecule has 2 N–H and O–H groups in total. The Labute approximate surface area is 147 Å². The zero-order chi connectivity index (χ0) is 18.0. The monoisotopic (exact) mass is 339 g/mol. The molecule has 2 rings (SSSR count). The lowest BCUT2D eigenvalue weighted by atomic mass is 9.75. The van der Waals surface area contributed by atoms with Crippen LogP contribution in [0.1, 0.15) is 73.1 Å². The fourth-order valence-electron chi connectivity index (χ4n) is 3.89. The summed E-state index contributed by atoms with van der Waals surface area (Å²) in [5, 5.41) is 0. The van der Waals surface area contributed by atoms with Crippen LogP contribution < -0.4 is 5.73 Å². The molecule has 6 heteroatoms. The van der Waals surface area contributed by atoms with Crippen LogP contribution in [0, 0.1) is 5.92 Å². The highest BCUT2D eigenvalue weighted by Crippen LogP contribution is 2.42. The zero-order valence-corrected chi connectivity index (χ0v) is 16.0. The van der Waals surface area contributed by atoms with E-state index in [1.54, 1.807) is 0 Å². The number of carbonyl (C=O) groups is 1. The molecule has 138 valence electrons. The van der Waals surface area contributed by atoms with Gasteiger partial charge < -0.3 is 19.8 Å². The Morgan fingerprint density at radius 2 is 1.71 bits per heavy atom. The Balaban J connectivity index is 1.93. The fraction of sp³-hybridized carbons (Fsp3) is 0.944. The quantitative estimate of drug-likeness (QED) is 0.689. The maximum Gasteiger partial charge on any atom is 0.457 e. The van der Waals surface area contributed by atoms with Crippen molar-refractivity contribution in [3.8, 4) is 0 Å². The van der Waals surface area contributed by atoms with E-state index >= 15 is 0 Å². The lowest BCUT2D eigenvalue weighted by molar-refractivity contribution is -0.129. The third kappa shape index (κ3) is 3.97. The van der Waals surface area contributed by atoms with Crippen molar-refractivity contribution in [1.82, 2.24) is 0 Å². The third-order valence-electron chi connectivity index (χ3n) is 6.07. The van der Waals surface area contributed by atoms with E-state index in [1.807, 2.05) is 0 Å². The van der Waals surface area contributed by atoms with E-state index in [2.05, 4.69) is 34.6 Å². The second-order valence-corrected chi connectivity index (χ2v) is 8.34. The van der Waals surface area contributed by atoms with Crippen molar-refractivity contribution in [2.75, 3.05) is 6.61 Å². The highest BCUT2D eigenvalue weighted by atomic mass is 16.7. The summed E-state index contributed by atoms with van der Waals surface area (Å²) in [5.74, 6) is -0.387. The molecule has 0 spiro atoms. The molecular weight excluding hydrogens is 305 g/mol. The lowest BCUT2D eigenvalue weighted by Crippen LogP contribution is -2.42. The minimum Gasteiger partial charge on any atom is -0.403 e. The highest BCUT2D eigenvalue weighted by molar-refractivity contribution is 6.45. The first-order valence-corrected chi connectivity index (χ1v) is 9.42. The second-order valence-electron chi connectivity index (χ2n) is 8.34. The van der Waals surface area contributed by atoms with Crippen molar-refractivity contribution in [3.05, 3.63) is 0 Å². The largest absolute Gasteiger partial charge is 0.457 e. The van der Waals surface area contributed by atoms with Crippen LogP contribution in [0.2, 0.25) is 6.32 Å². The molecule has 2 unspecified atom stereocenters. The van der Waals surface area contributed by atoms with Crippen LogP contribution in [0.5, 0.6) is 0 Å². The first kappa shape index (κ1) is 19.7. The van der Waals surface area contributed by atoms with Gasteiger partial charge in [0.2, 0.25) is 5.91 Å². The molecule has 0 aliphatic carbocycles. The van der Waals surface area contributed by atoms with Crippen molar-refractivity contribution in [2.45, 2.75) is 96.3 Å². The maximum atomic E-state index is 11.9. The minimum absolute atomic E-state index is 0.164. The first-order valence-electron chi connectivity index (χ1n) is 9.42. The van der Waals surface area contributed by atoms with Crippen LogP contribution in [0.3, 0.4) is 0 Å². The average Bonchev–Trinajstić information content (AvgIpc) is 2.96.